The Morgan fingerprint density at radius 1 is 1.11 bits per heavy atom. The number of nitrogens with one attached hydrogen (secondary N) is 1. The van der Waals surface area contributed by atoms with Gasteiger partial charge in [0.2, 0.25) is 11.8 Å². The van der Waals surface area contributed by atoms with E-state index in [-0.39, 0.29) is 23.7 Å². The third-order valence-corrected chi connectivity index (χ3v) is 6.14. The van der Waals surface area contributed by atoms with Crippen LogP contribution in [0.15, 0.2) is 24.3 Å². The van der Waals surface area contributed by atoms with E-state index in [9.17, 15) is 9.59 Å². The topological polar surface area (TPSA) is 49.4 Å². The van der Waals surface area contributed by atoms with Gasteiger partial charge in [0.15, 0.2) is 0 Å². The van der Waals surface area contributed by atoms with Crippen LogP contribution in [0.1, 0.15) is 57.4 Å². The molecule has 1 aliphatic heterocycles. The summed E-state index contributed by atoms with van der Waals surface area (Å²) >= 11 is 5.98. The molecule has 0 aromatic heterocycles. The molecule has 2 fully saturated rings. The first kappa shape index (κ1) is 20.2. The lowest BCUT2D eigenvalue weighted by atomic mass is 9.89. The summed E-state index contributed by atoms with van der Waals surface area (Å²) in [6.07, 6.45) is 6.93. The van der Waals surface area contributed by atoms with E-state index in [1.807, 2.05) is 30.9 Å². The molecule has 4 nitrogen and oxygen atoms in total. The number of halogens is 1. The molecule has 147 valence electrons. The third kappa shape index (κ3) is 5.04. The molecular weight excluding hydrogens is 360 g/mol. The number of piperidine rings is 1. The summed E-state index contributed by atoms with van der Waals surface area (Å²) in [5.74, 6) is 0.583. The molecule has 27 heavy (non-hydrogen) atoms. The molecule has 5 heteroatoms. The molecule has 1 N–H and O–H groups in total. The van der Waals surface area contributed by atoms with Gasteiger partial charge in [-0.1, -0.05) is 44.0 Å². The summed E-state index contributed by atoms with van der Waals surface area (Å²) in [5, 5.41) is 3.78. The van der Waals surface area contributed by atoms with Gasteiger partial charge in [0.25, 0.3) is 0 Å². The van der Waals surface area contributed by atoms with Gasteiger partial charge in [-0.3, -0.25) is 9.59 Å². The highest BCUT2D eigenvalue weighted by molar-refractivity contribution is 6.30. The van der Waals surface area contributed by atoms with E-state index in [0.717, 1.165) is 50.2 Å². The lowest BCUT2D eigenvalue weighted by Crippen LogP contribution is -2.53. The number of hydrogen-bond acceptors (Lipinski definition) is 2. The standard InChI is InChI=1S/C22H30ClN2O2/c1-15(2)20(24-21(26)18-5-3-4-6-18)22(27)25-13-11-17(12-14-25)16-7-9-19(23)10-8-16/h5,7-10,15,17-18,20H,3-4,6,11-14H2,1-2H3,(H,24,26)/t18-,20?/m1/s1. The van der Waals surface area contributed by atoms with E-state index in [4.69, 9.17) is 11.6 Å². The van der Waals surface area contributed by atoms with Crippen LogP contribution in [0.25, 0.3) is 0 Å². The van der Waals surface area contributed by atoms with Gasteiger partial charge in [0.1, 0.15) is 6.04 Å². The molecule has 1 aliphatic carbocycles. The van der Waals surface area contributed by atoms with Gasteiger partial charge in [-0.25, -0.2) is 0 Å². The molecule has 1 radical (unpaired) electrons. The van der Waals surface area contributed by atoms with Gasteiger partial charge in [-0.15, -0.1) is 0 Å². The second-order valence-corrected chi connectivity index (χ2v) is 8.59. The summed E-state index contributed by atoms with van der Waals surface area (Å²) in [6.45, 7) is 5.48. The Kier molecular flexibility index (Phi) is 6.80. The summed E-state index contributed by atoms with van der Waals surface area (Å²) in [7, 11) is 0. The van der Waals surface area contributed by atoms with Crippen LogP contribution in [0.5, 0.6) is 0 Å². The largest absolute Gasteiger partial charge is 0.344 e. The molecule has 1 aromatic rings. The maximum atomic E-state index is 13.1. The van der Waals surface area contributed by atoms with Crippen LogP contribution in [0.3, 0.4) is 0 Å². The van der Waals surface area contributed by atoms with E-state index >= 15 is 0 Å². The zero-order valence-electron chi connectivity index (χ0n) is 16.3. The van der Waals surface area contributed by atoms with Crippen molar-refractivity contribution in [1.82, 2.24) is 10.2 Å². The Labute approximate surface area is 167 Å². The van der Waals surface area contributed by atoms with Gasteiger partial charge >= 0.3 is 0 Å². The first-order valence-electron chi connectivity index (χ1n) is 10.1. The monoisotopic (exact) mass is 389 g/mol. The van der Waals surface area contributed by atoms with Crippen LogP contribution in [-0.2, 0) is 9.59 Å². The Morgan fingerprint density at radius 2 is 1.78 bits per heavy atom. The van der Waals surface area contributed by atoms with Crippen molar-refractivity contribution >= 4 is 23.4 Å². The van der Waals surface area contributed by atoms with Crippen molar-refractivity contribution in [2.24, 2.45) is 11.8 Å². The second-order valence-electron chi connectivity index (χ2n) is 8.15. The number of nitrogens with zero attached hydrogens (tertiary/aromatic N) is 1. The maximum Gasteiger partial charge on any atom is 0.245 e. The molecule has 2 atom stereocenters. The molecule has 0 spiro atoms. The molecule has 2 aliphatic rings. The molecular formula is C22H30ClN2O2. The highest BCUT2D eigenvalue weighted by Gasteiger charge is 2.33. The molecule has 1 heterocycles. The summed E-state index contributed by atoms with van der Waals surface area (Å²) in [5.41, 5.74) is 1.29. The van der Waals surface area contributed by atoms with Crippen molar-refractivity contribution in [2.45, 2.75) is 57.9 Å². The average Bonchev–Trinajstić information content (AvgIpc) is 3.21. The second kappa shape index (κ2) is 9.09. The van der Waals surface area contributed by atoms with E-state index in [1.165, 1.54) is 5.56 Å². The first-order chi connectivity index (χ1) is 13.0. The van der Waals surface area contributed by atoms with Crippen LogP contribution in [0.4, 0.5) is 0 Å². The van der Waals surface area contributed by atoms with Gasteiger partial charge < -0.3 is 10.2 Å². The number of carbonyl (C=O) groups is 2. The van der Waals surface area contributed by atoms with E-state index < -0.39 is 6.04 Å². The summed E-state index contributed by atoms with van der Waals surface area (Å²) in [6, 6.07) is 7.59. The van der Waals surface area contributed by atoms with Crippen molar-refractivity contribution in [3.05, 3.63) is 41.3 Å². The molecule has 1 aromatic carbocycles. The van der Waals surface area contributed by atoms with Gasteiger partial charge in [0, 0.05) is 24.0 Å². The van der Waals surface area contributed by atoms with Gasteiger partial charge in [-0.2, -0.15) is 0 Å². The van der Waals surface area contributed by atoms with Crippen molar-refractivity contribution in [3.8, 4) is 0 Å². The summed E-state index contributed by atoms with van der Waals surface area (Å²) in [4.78, 5) is 27.5. The Balaban J connectivity index is 1.57. The predicted octanol–water partition coefficient (Wildman–Crippen LogP) is 4.19. The molecule has 1 saturated carbocycles. The summed E-state index contributed by atoms with van der Waals surface area (Å²) < 4.78 is 0. The highest BCUT2D eigenvalue weighted by Crippen LogP contribution is 2.29. The number of hydrogen-bond donors (Lipinski definition) is 1. The molecule has 0 bridgehead atoms. The van der Waals surface area contributed by atoms with Crippen LogP contribution in [0, 0.1) is 18.3 Å². The minimum Gasteiger partial charge on any atom is -0.344 e. The van der Waals surface area contributed by atoms with Crippen molar-refractivity contribution < 1.29 is 9.59 Å². The Bertz CT molecular complexity index is 645. The number of amides is 2. The van der Waals surface area contributed by atoms with E-state index in [0.29, 0.717) is 5.92 Å². The molecule has 1 saturated heterocycles. The van der Waals surface area contributed by atoms with Crippen LogP contribution in [-0.4, -0.2) is 35.8 Å². The normalized spacial score (nSPS) is 20.1. The Morgan fingerprint density at radius 3 is 2.33 bits per heavy atom. The maximum absolute atomic E-state index is 13.1. The fourth-order valence-electron chi connectivity index (χ4n) is 4.15. The van der Waals surface area contributed by atoms with Crippen LogP contribution in [0.2, 0.25) is 5.02 Å². The molecule has 2 amide bonds. The third-order valence-electron chi connectivity index (χ3n) is 5.89. The number of rotatable bonds is 5. The highest BCUT2D eigenvalue weighted by atomic mass is 35.5. The number of carbonyl (C=O) groups excluding carboxylic acids is 2. The lowest BCUT2D eigenvalue weighted by molar-refractivity contribution is -0.139. The minimum absolute atomic E-state index is 0.00982. The molecule has 3 rings (SSSR count). The van der Waals surface area contributed by atoms with Gasteiger partial charge in [0.05, 0.1) is 0 Å². The quantitative estimate of drug-likeness (QED) is 0.820. The predicted molar refractivity (Wildman–Crippen MR) is 108 cm³/mol. The average molecular weight is 390 g/mol. The zero-order chi connectivity index (χ0) is 19.4. The Hall–Kier alpha value is -1.55. The first-order valence-corrected chi connectivity index (χ1v) is 10.5. The minimum atomic E-state index is -0.432. The fraction of sp³-hybridized carbons (Fsp3) is 0.591. The SMILES string of the molecule is CC(C)C(NC(=O)[C@@H]1[CH]CCC1)C(=O)N1CCC(c2ccc(Cl)cc2)CC1. The zero-order valence-corrected chi connectivity index (χ0v) is 17.0. The van der Waals surface area contributed by atoms with Crippen molar-refractivity contribution in [3.63, 3.8) is 0 Å². The van der Waals surface area contributed by atoms with E-state index in [2.05, 4.69) is 23.9 Å². The van der Waals surface area contributed by atoms with E-state index in [1.54, 1.807) is 0 Å². The number of likely N-dealkylation sites (tertiary alicyclic amines) is 1. The van der Waals surface area contributed by atoms with Crippen molar-refractivity contribution in [1.29, 1.82) is 0 Å². The van der Waals surface area contributed by atoms with Gasteiger partial charge in [-0.05, 0) is 61.6 Å². The van der Waals surface area contributed by atoms with Crippen LogP contribution < -0.4 is 5.32 Å². The number of benzene rings is 1. The fourth-order valence-corrected chi connectivity index (χ4v) is 4.28. The van der Waals surface area contributed by atoms with Crippen molar-refractivity contribution in [2.75, 3.05) is 13.1 Å². The molecule has 1 unspecified atom stereocenters. The lowest BCUT2D eigenvalue weighted by Gasteiger charge is -2.36. The smallest absolute Gasteiger partial charge is 0.245 e. The van der Waals surface area contributed by atoms with Crippen LogP contribution >= 0.6 is 11.6 Å².